The van der Waals surface area contributed by atoms with Crippen molar-refractivity contribution in [3.63, 3.8) is 0 Å². The van der Waals surface area contributed by atoms with Crippen LogP contribution in [0.4, 0.5) is 0 Å². The Kier molecular flexibility index (Phi) is 19.6. The van der Waals surface area contributed by atoms with Crippen LogP contribution in [0.15, 0.2) is 72.9 Å². The van der Waals surface area contributed by atoms with Crippen molar-refractivity contribution in [1.29, 1.82) is 0 Å². The molecule has 0 aliphatic rings. The van der Waals surface area contributed by atoms with E-state index < -0.39 is 12.1 Å². The molecule has 1 N–H and O–H groups in total. The normalized spacial score (nSPS) is 14.1. The lowest BCUT2D eigenvalue weighted by Crippen LogP contribution is -2.23. The molecular formula is C25H38O3. The van der Waals surface area contributed by atoms with E-state index in [0.29, 0.717) is 13.0 Å². The first kappa shape index (κ1) is 25.9. The summed E-state index contributed by atoms with van der Waals surface area (Å²) in [5, 5.41) is 9.05. The van der Waals surface area contributed by atoms with E-state index >= 15 is 0 Å². The van der Waals surface area contributed by atoms with E-state index in [1.54, 1.807) is 0 Å². The minimum Gasteiger partial charge on any atom is -0.479 e. The van der Waals surface area contributed by atoms with Gasteiger partial charge in [0, 0.05) is 13.0 Å². The van der Waals surface area contributed by atoms with Crippen molar-refractivity contribution in [2.75, 3.05) is 6.61 Å². The number of ether oxygens (including phenoxy) is 1. The zero-order chi connectivity index (χ0) is 20.7. The molecule has 1 unspecified atom stereocenters. The average molecular weight is 387 g/mol. The van der Waals surface area contributed by atoms with Gasteiger partial charge in [-0.15, -0.1) is 0 Å². The predicted molar refractivity (Wildman–Crippen MR) is 120 cm³/mol. The van der Waals surface area contributed by atoms with Gasteiger partial charge in [0.05, 0.1) is 0 Å². The fourth-order valence-electron chi connectivity index (χ4n) is 2.24. The standard InChI is InChI=1S/C25H38O3/c1-3-5-6-7-8-9-10-11-12-13-14-15-16-17-18-19-20-21-22-24(25(26)27)28-23-4-2/h5-6,8-9,11-12,14-15,17-18,20-21,24H,3-4,7,10,13,16,19,22-23H2,1-2H3,(H,26,27)/b6-5-,9-8?,12-11?,15-14?,18-17?,21-20?. The largest absolute Gasteiger partial charge is 0.479 e. The maximum absolute atomic E-state index is 11.0. The highest BCUT2D eigenvalue weighted by molar-refractivity contribution is 5.72. The molecule has 1 atom stereocenters. The molecule has 0 fully saturated rings. The lowest BCUT2D eigenvalue weighted by molar-refractivity contribution is -0.150. The molecule has 0 rings (SSSR count). The summed E-state index contributed by atoms with van der Waals surface area (Å²) in [6, 6.07) is 0. The van der Waals surface area contributed by atoms with E-state index in [2.05, 4.69) is 67.7 Å². The van der Waals surface area contributed by atoms with Crippen LogP contribution in [0.25, 0.3) is 0 Å². The monoisotopic (exact) mass is 386 g/mol. The van der Waals surface area contributed by atoms with Gasteiger partial charge in [-0.25, -0.2) is 4.79 Å². The Morgan fingerprint density at radius 1 is 0.714 bits per heavy atom. The quantitative estimate of drug-likeness (QED) is 0.275. The van der Waals surface area contributed by atoms with Gasteiger partial charge in [0.25, 0.3) is 0 Å². The van der Waals surface area contributed by atoms with Crippen molar-refractivity contribution in [2.45, 2.75) is 71.3 Å². The van der Waals surface area contributed by atoms with Gasteiger partial charge < -0.3 is 9.84 Å². The Morgan fingerprint density at radius 3 is 1.46 bits per heavy atom. The molecular weight excluding hydrogens is 348 g/mol. The van der Waals surface area contributed by atoms with Gasteiger partial charge in [-0.1, -0.05) is 86.8 Å². The average Bonchev–Trinajstić information content (AvgIpc) is 2.69. The Morgan fingerprint density at radius 2 is 1.11 bits per heavy atom. The van der Waals surface area contributed by atoms with E-state index in [0.717, 1.165) is 44.9 Å². The molecule has 0 saturated heterocycles. The molecule has 0 aromatic carbocycles. The highest BCUT2D eigenvalue weighted by Crippen LogP contribution is 2.03. The van der Waals surface area contributed by atoms with E-state index in [1.165, 1.54) is 0 Å². The first-order valence-electron chi connectivity index (χ1n) is 10.5. The number of carbonyl (C=O) groups is 1. The second-order valence-corrected chi connectivity index (χ2v) is 6.35. The van der Waals surface area contributed by atoms with Crippen LogP contribution >= 0.6 is 0 Å². The fraction of sp³-hybridized carbons (Fsp3) is 0.480. The number of aliphatic carboxylic acids is 1. The molecule has 3 nitrogen and oxygen atoms in total. The van der Waals surface area contributed by atoms with Crippen LogP contribution < -0.4 is 0 Å². The van der Waals surface area contributed by atoms with Gasteiger partial charge in [0.15, 0.2) is 6.10 Å². The highest BCUT2D eigenvalue weighted by atomic mass is 16.5. The van der Waals surface area contributed by atoms with Gasteiger partial charge in [0.2, 0.25) is 0 Å². The predicted octanol–water partition coefficient (Wildman–Crippen LogP) is 6.95. The third-order valence-corrected chi connectivity index (χ3v) is 3.75. The Balaban J connectivity index is 3.73. The SMILES string of the molecule is CC/C=C\CC=CCC=CCC=CCC=CCC=CCC(OCCC)C(=O)O. The highest BCUT2D eigenvalue weighted by Gasteiger charge is 2.15. The molecule has 3 heteroatoms. The second kappa shape index (κ2) is 21.2. The van der Waals surface area contributed by atoms with Crippen molar-refractivity contribution in [3.8, 4) is 0 Å². The summed E-state index contributed by atoms with van der Waals surface area (Å²) in [5.41, 5.74) is 0. The lowest BCUT2D eigenvalue weighted by Gasteiger charge is -2.10. The van der Waals surface area contributed by atoms with E-state index in [4.69, 9.17) is 9.84 Å². The van der Waals surface area contributed by atoms with Crippen molar-refractivity contribution in [2.24, 2.45) is 0 Å². The first-order chi connectivity index (χ1) is 13.7. The first-order valence-corrected chi connectivity index (χ1v) is 10.5. The summed E-state index contributed by atoms with van der Waals surface area (Å²) in [5.74, 6) is -0.895. The number of hydrogen-bond acceptors (Lipinski definition) is 2. The molecule has 0 aliphatic carbocycles. The van der Waals surface area contributed by atoms with Crippen LogP contribution in [0.2, 0.25) is 0 Å². The van der Waals surface area contributed by atoms with Crippen molar-refractivity contribution in [1.82, 2.24) is 0 Å². The van der Waals surface area contributed by atoms with Crippen LogP contribution in [-0.4, -0.2) is 23.8 Å². The Hall–Kier alpha value is -2.13. The molecule has 28 heavy (non-hydrogen) atoms. The number of carboxylic acid groups (broad SMARTS) is 1. The molecule has 0 spiro atoms. The van der Waals surface area contributed by atoms with E-state index in [1.807, 2.05) is 19.1 Å². The molecule has 0 aromatic rings. The number of hydrogen-bond donors (Lipinski definition) is 1. The zero-order valence-electron chi connectivity index (χ0n) is 17.6. The van der Waals surface area contributed by atoms with Crippen LogP contribution in [0, 0.1) is 0 Å². The van der Waals surface area contributed by atoms with Crippen LogP contribution in [0.1, 0.15) is 65.2 Å². The Labute approximate surface area is 171 Å². The zero-order valence-corrected chi connectivity index (χ0v) is 17.6. The van der Waals surface area contributed by atoms with E-state index in [9.17, 15) is 4.79 Å². The molecule has 0 amide bonds. The van der Waals surface area contributed by atoms with Crippen molar-refractivity contribution < 1.29 is 14.6 Å². The fourth-order valence-corrected chi connectivity index (χ4v) is 2.24. The van der Waals surface area contributed by atoms with Crippen LogP contribution in [0.5, 0.6) is 0 Å². The maximum atomic E-state index is 11.0. The van der Waals surface area contributed by atoms with Gasteiger partial charge in [-0.2, -0.15) is 0 Å². The molecule has 0 aromatic heterocycles. The van der Waals surface area contributed by atoms with Crippen molar-refractivity contribution >= 4 is 5.97 Å². The second-order valence-electron chi connectivity index (χ2n) is 6.35. The third-order valence-electron chi connectivity index (χ3n) is 3.75. The van der Waals surface area contributed by atoms with Crippen LogP contribution in [0.3, 0.4) is 0 Å². The third kappa shape index (κ3) is 18.7. The van der Waals surface area contributed by atoms with Gasteiger partial charge in [-0.3, -0.25) is 0 Å². The summed E-state index contributed by atoms with van der Waals surface area (Å²) in [6.07, 6.45) is 31.9. The summed E-state index contributed by atoms with van der Waals surface area (Å²) < 4.78 is 5.30. The molecule has 0 saturated carbocycles. The van der Waals surface area contributed by atoms with E-state index in [-0.39, 0.29) is 0 Å². The minimum atomic E-state index is -0.895. The number of carboxylic acids is 1. The summed E-state index contributed by atoms with van der Waals surface area (Å²) >= 11 is 0. The van der Waals surface area contributed by atoms with Gasteiger partial charge in [-0.05, 0) is 44.9 Å². The number of rotatable bonds is 17. The van der Waals surface area contributed by atoms with Crippen molar-refractivity contribution in [3.05, 3.63) is 72.9 Å². The lowest BCUT2D eigenvalue weighted by atomic mass is 10.2. The number of allylic oxidation sites excluding steroid dienone is 11. The molecule has 0 bridgehead atoms. The van der Waals surface area contributed by atoms with Crippen LogP contribution in [-0.2, 0) is 9.53 Å². The molecule has 0 aliphatic heterocycles. The van der Waals surface area contributed by atoms with Gasteiger partial charge >= 0.3 is 5.97 Å². The maximum Gasteiger partial charge on any atom is 0.333 e. The topological polar surface area (TPSA) is 46.5 Å². The van der Waals surface area contributed by atoms with Gasteiger partial charge in [0.1, 0.15) is 0 Å². The Bertz CT molecular complexity index is 536. The molecule has 0 radical (unpaired) electrons. The summed E-state index contributed by atoms with van der Waals surface area (Å²) in [7, 11) is 0. The summed E-state index contributed by atoms with van der Waals surface area (Å²) in [4.78, 5) is 11.0. The molecule has 0 heterocycles. The smallest absolute Gasteiger partial charge is 0.333 e. The summed E-state index contributed by atoms with van der Waals surface area (Å²) in [6.45, 7) is 4.60. The molecule has 156 valence electrons. The minimum absolute atomic E-state index is 0.417.